The molecule has 0 radical (unpaired) electrons. The van der Waals surface area contributed by atoms with Crippen LogP contribution in [0.15, 0.2) is 48.8 Å². The van der Waals surface area contributed by atoms with Crippen LogP contribution in [0, 0.1) is 0 Å². The lowest BCUT2D eigenvalue weighted by atomic mass is 10.3. The van der Waals surface area contributed by atoms with Gasteiger partial charge in [0.1, 0.15) is 12.1 Å². The molecule has 2 heterocycles. The summed E-state index contributed by atoms with van der Waals surface area (Å²) in [4.78, 5) is 8.82. The van der Waals surface area contributed by atoms with E-state index in [-0.39, 0.29) is 0 Å². The molecule has 2 aromatic heterocycles. The first-order chi connectivity index (χ1) is 8.38. The third kappa shape index (κ3) is 1.78. The van der Waals surface area contributed by atoms with Crippen molar-refractivity contribution in [1.82, 2.24) is 14.5 Å². The van der Waals surface area contributed by atoms with Crippen molar-refractivity contribution < 1.29 is 0 Å². The topological polar surface area (TPSA) is 30.7 Å². The van der Waals surface area contributed by atoms with E-state index >= 15 is 0 Å². The van der Waals surface area contributed by atoms with Crippen molar-refractivity contribution in [3.05, 3.63) is 54.5 Å². The molecule has 3 nitrogen and oxygen atoms in total. The van der Waals surface area contributed by atoms with E-state index in [0.717, 1.165) is 22.5 Å². The van der Waals surface area contributed by atoms with E-state index in [1.807, 2.05) is 47.0 Å². The minimum absolute atomic E-state index is 0.417. The number of benzene rings is 1. The number of fused-ring (bicyclic) bond motifs is 1. The highest BCUT2D eigenvalue weighted by atomic mass is 35.5. The molecule has 0 saturated carbocycles. The van der Waals surface area contributed by atoms with Crippen LogP contribution in [0.2, 0.25) is 0 Å². The SMILES string of the molecule is ClCc1cccc(-n2cnc3ccccc32)n1. The summed E-state index contributed by atoms with van der Waals surface area (Å²) < 4.78 is 1.96. The molecule has 3 rings (SSSR count). The van der Waals surface area contributed by atoms with Crippen LogP contribution in [0.3, 0.4) is 0 Å². The number of alkyl halides is 1. The number of hydrogen-bond acceptors (Lipinski definition) is 2. The number of aromatic nitrogens is 3. The van der Waals surface area contributed by atoms with E-state index in [0.29, 0.717) is 5.88 Å². The lowest BCUT2D eigenvalue weighted by Crippen LogP contribution is -1.97. The second kappa shape index (κ2) is 4.18. The van der Waals surface area contributed by atoms with E-state index in [9.17, 15) is 0 Å². The first-order valence-electron chi connectivity index (χ1n) is 5.33. The second-order valence-electron chi connectivity index (χ2n) is 3.72. The fraction of sp³-hybridized carbons (Fsp3) is 0.0769. The number of nitrogens with zero attached hydrogens (tertiary/aromatic N) is 3. The van der Waals surface area contributed by atoms with Crippen LogP contribution in [-0.4, -0.2) is 14.5 Å². The molecule has 0 N–H and O–H groups in total. The van der Waals surface area contributed by atoms with Gasteiger partial charge in [-0.05, 0) is 24.3 Å². The molecule has 0 aliphatic carbocycles. The number of imidazole rings is 1. The van der Waals surface area contributed by atoms with Gasteiger partial charge in [0.15, 0.2) is 0 Å². The molecule has 0 spiro atoms. The highest BCUT2D eigenvalue weighted by Gasteiger charge is 2.04. The van der Waals surface area contributed by atoms with Crippen LogP contribution in [0.1, 0.15) is 5.69 Å². The van der Waals surface area contributed by atoms with Gasteiger partial charge in [-0.15, -0.1) is 11.6 Å². The van der Waals surface area contributed by atoms with Crippen molar-refractivity contribution in [2.24, 2.45) is 0 Å². The van der Waals surface area contributed by atoms with Crippen molar-refractivity contribution in [1.29, 1.82) is 0 Å². The molecule has 17 heavy (non-hydrogen) atoms. The fourth-order valence-corrected chi connectivity index (χ4v) is 1.97. The fourth-order valence-electron chi connectivity index (χ4n) is 1.82. The maximum atomic E-state index is 5.79. The van der Waals surface area contributed by atoms with Crippen LogP contribution in [0.5, 0.6) is 0 Å². The van der Waals surface area contributed by atoms with E-state index in [1.54, 1.807) is 6.33 Å². The summed E-state index contributed by atoms with van der Waals surface area (Å²) >= 11 is 5.79. The van der Waals surface area contributed by atoms with Gasteiger partial charge >= 0.3 is 0 Å². The second-order valence-corrected chi connectivity index (χ2v) is 3.99. The maximum Gasteiger partial charge on any atom is 0.138 e. The summed E-state index contributed by atoms with van der Waals surface area (Å²) in [7, 11) is 0. The molecule has 0 aliphatic rings. The molecule has 0 saturated heterocycles. The van der Waals surface area contributed by atoms with Gasteiger partial charge in [0, 0.05) is 0 Å². The standard InChI is InChI=1S/C13H10ClN3/c14-8-10-4-3-7-13(16-10)17-9-15-11-5-1-2-6-12(11)17/h1-7,9H,8H2. The summed E-state index contributed by atoms with van der Waals surface area (Å²) in [6, 6.07) is 13.8. The molecular weight excluding hydrogens is 234 g/mol. The van der Waals surface area contributed by atoms with Crippen LogP contribution < -0.4 is 0 Å². The van der Waals surface area contributed by atoms with Gasteiger partial charge in [-0.25, -0.2) is 9.97 Å². The average Bonchev–Trinajstić information content (AvgIpc) is 2.82. The Labute approximate surface area is 104 Å². The zero-order chi connectivity index (χ0) is 11.7. The molecule has 0 fully saturated rings. The van der Waals surface area contributed by atoms with E-state index in [2.05, 4.69) is 9.97 Å². The highest BCUT2D eigenvalue weighted by Crippen LogP contribution is 2.16. The van der Waals surface area contributed by atoms with E-state index < -0.39 is 0 Å². The Morgan fingerprint density at radius 3 is 2.82 bits per heavy atom. The minimum atomic E-state index is 0.417. The smallest absolute Gasteiger partial charge is 0.138 e. The average molecular weight is 244 g/mol. The largest absolute Gasteiger partial charge is 0.283 e. The van der Waals surface area contributed by atoms with Crippen molar-refractivity contribution in [2.45, 2.75) is 5.88 Å². The molecule has 0 amide bonds. The summed E-state index contributed by atoms with van der Waals surface area (Å²) in [6.45, 7) is 0. The summed E-state index contributed by atoms with van der Waals surface area (Å²) in [6.07, 6.45) is 1.78. The Morgan fingerprint density at radius 2 is 1.94 bits per heavy atom. The molecule has 0 bridgehead atoms. The molecule has 0 aliphatic heterocycles. The Kier molecular flexibility index (Phi) is 2.53. The Hall–Kier alpha value is -1.87. The number of para-hydroxylation sites is 2. The quantitative estimate of drug-likeness (QED) is 0.648. The van der Waals surface area contributed by atoms with Crippen molar-refractivity contribution in [3.63, 3.8) is 0 Å². The van der Waals surface area contributed by atoms with E-state index in [4.69, 9.17) is 11.6 Å². The number of pyridine rings is 1. The monoisotopic (exact) mass is 243 g/mol. The number of halogens is 1. The highest BCUT2D eigenvalue weighted by molar-refractivity contribution is 6.16. The Bertz CT molecular complexity index is 660. The Balaban J connectivity index is 2.20. The van der Waals surface area contributed by atoms with Gasteiger partial charge in [-0.1, -0.05) is 18.2 Å². The molecule has 3 aromatic rings. The lowest BCUT2D eigenvalue weighted by Gasteiger charge is -2.04. The predicted octanol–water partition coefficient (Wildman–Crippen LogP) is 3.16. The molecule has 4 heteroatoms. The number of hydrogen-bond donors (Lipinski definition) is 0. The third-order valence-corrected chi connectivity index (χ3v) is 2.90. The van der Waals surface area contributed by atoms with Gasteiger partial charge in [-0.3, -0.25) is 4.57 Å². The van der Waals surface area contributed by atoms with Gasteiger partial charge < -0.3 is 0 Å². The summed E-state index contributed by atoms with van der Waals surface area (Å²) in [5.74, 6) is 1.26. The molecule has 0 unspecified atom stereocenters. The first-order valence-corrected chi connectivity index (χ1v) is 5.86. The van der Waals surface area contributed by atoms with Gasteiger partial charge in [0.05, 0.1) is 22.6 Å². The normalized spacial score (nSPS) is 10.9. The van der Waals surface area contributed by atoms with Crippen LogP contribution in [-0.2, 0) is 5.88 Å². The van der Waals surface area contributed by atoms with Crippen molar-refractivity contribution in [3.8, 4) is 5.82 Å². The summed E-state index contributed by atoms with van der Waals surface area (Å²) in [5.41, 5.74) is 2.87. The van der Waals surface area contributed by atoms with Crippen LogP contribution >= 0.6 is 11.6 Å². The van der Waals surface area contributed by atoms with E-state index in [1.165, 1.54) is 0 Å². The minimum Gasteiger partial charge on any atom is -0.283 e. The van der Waals surface area contributed by atoms with Gasteiger partial charge in [0.25, 0.3) is 0 Å². The molecule has 0 atom stereocenters. The molecule has 84 valence electrons. The maximum absolute atomic E-state index is 5.79. The molecule has 1 aromatic carbocycles. The van der Waals surface area contributed by atoms with Crippen molar-refractivity contribution in [2.75, 3.05) is 0 Å². The lowest BCUT2D eigenvalue weighted by molar-refractivity contribution is 0.995. The summed E-state index contributed by atoms with van der Waals surface area (Å²) in [5, 5.41) is 0. The number of rotatable bonds is 2. The molecular formula is C13H10ClN3. The van der Waals surface area contributed by atoms with Crippen LogP contribution in [0.4, 0.5) is 0 Å². The van der Waals surface area contributed by atoms with Crippen LogP contribution in [0.25, 0.3) is 16.9 Å². The predicted molar refractivity (Wildman–Crippen MR) is 68.4 cm³/mol. The van der Waals surface area contributed by atoms with Crippen molar-refractivity contribution >= 4 is 22.6 Å². The third-order valence-electron chi connectivity index (χ3n) is 2.63. The zero-order valence-corrected chi connectivity index (χ0v) is 9.80. The first kappa shape index (κ1) is 10.3. The zero-order valence-electron chi connectivity index (χ0n) is 9.05. The Morgan fingerprint density at radius 1 is 1.06 bits per heavy atom. The van der Waals surface area contributed by atoms with Gasteiger partial charge in [0.2, 0.25) is 0 Å². The van der Waals surface area contributed by atoms with Gasteiger partial charge in [-0.2, -0.15) is 0 Å².